The number of hydrogen-bond acceptors (Lipinski definition) is 6. The van der Waals surface area contributed by atoms with Crippen molar-refractivity contribution in [2.24, 2.45) is 0 Å². The minimum atomic E-state index is -0.833. The maximum absolute atomic E-state index is 9.00. The Balaban J connectivity index is 0.000000786. The molecule has 7 heteroatoms. The first-order valence-electron chi connectivity index (χ1n) is 13.3. The molecule has 1 unspecified atom stereocenters. The number of thioether (sulfide) groups is 2. The number of hydrogen-bond donors (Lipinski definition) is 1. The van der Waals surface area contributed by atoms with E-state index in [1.54, 1.807) is 0 Å². The highest BCUT2D eigenvalue weighted by molar-refractivity contribution is 7.99. The van der Waals surface area contributed by atoms with E-state index in [1.807, 2.05) is 29.7 Å². The highest BCUT2D eigenvalue weighted by atomic mass is 32.2. The molecule has 2 aliphatic rings. The Labute approximate surface area is 234 Å². The molecule has 2 heterocycles. The Morgan fingerprint density at radius 1 is 1.18 bits per heavy atom. The number of rotatable bonds is 9. The third-order valence-corrected chi connectivity index (χ3v) is 8.79. The monoisotopic (exact) mass is 551 g/mol. The molecule has 1 atom stereocenters. The molecular weight excluding hydrogens is 514 g/mol. The fraction of sp³-hybridized carbons (Fsp3) is 0.419. The SMILES string of the molecule is CC(=O)O.CCSCCCOc1cc(C)c(-c2cccc3c2CCC3Oc2cc3c(cn2)CCS3)c(C)c1. The Hall–Kier alpha value is -2.64. The molecule has 0 fully saturated rings. The maximum Gasteiger partial charge on any atom is 0.300 e. The lowest BCUT2D eigenvalue weighted by Crippen LogP contribution is -2.05. The van der Waals surface area contributed by atoms with Crippen molar-refractivity contribution in [3.63, 3.8) is 0 Å². The van der Waals surface area contributed by atoms with Crippen molar-refractivity contribution in [2.45, 2.75) is 64.4 Å². The van der Waals surface area contributed by atoms with Gasteiger partial charge in [-0.1, -0.05) is 25.1 Å². The van der Waals surface area contributed by atoms with Crippen molar-refractivity contribution in [3.8, 4) is 22.8 Å². The van der Waals surface area contributed by atoms with Crippen molar-refractivity contribution in [1.29, 1.82) is 0 Å². The summed E-state index contributed by atoms with van der Waals surface area (Å²) in [6.07, 6.45) is 6.29. The van der Waals surface area contributed by atoms with E-state index in [1.165, 1.54) is 49.6 Å². The number of ether oxygens (including phenoxy) is 2. The average molecular weight is 552 g/mol. The molecule has 0 radical (unpaired) electrons. The van der Waals surface area contributed by atoms with Gasteiger partial charge in [-0.25, -0.2) is 4.98 Å². The van der Waals surface area contributed by atoms with Crippen molar-refractivity contribution in [2.75, 3.05) is 23.9 Å². The average Bonchev–Trinajstić information content (AvgIpc) is 3.50. The van der Waals surface area contributed by atoms with Gasteiger partial charge in [0.15, 0.2) is 0 Å². The lowest BCUT2D eigenvalue weighted by atomic mass is 9.90. The molecule has 1 aliphatic heterocycles. The summed E-state index contributed by atoms with van der Waals surface area (Å²) in [5, 5.41) is 7.42. The van der Waals surface area contributed by atoms with Crippen molar-refractivity contribution in [1.82, 2.24) is 4.98 Å². The van der Waals surface area contributed by atoms with Gasteiger partial charge in [-0.15, -0.1) is 11.8 Å². The number of aliphatic carboxylic acids is 1. The van der Waals surface area contributed by atoms with Crippen molar-refractivity contribution >= 4 is 29.5 Å². The first-order valence-corrected chi connectivity index (χ1v) is 15.4. The number of carboxylic acid groups (broad SMARTS) is 1. The summed E-state index contributed by atoms with van der Waals surface area (Å²) in [6.45, 7) is 8.47. The van der Waals surface area contributed by atoms with Gasteiger partial charge >= 0.3 is 0 Å². The van der Waals surface area contributed by atoms with E-state index in [2.05, 4.69) is 62.2 Å². The van der Waals surface area contributed by atoms with Gasteiger partial charge in [-0.3, -0.25) is 4.79 Å². The second-order valence-electron chi connectivity index (χ2n) is 9.60. The van der Waals surface area contributed by atoms with Crippen LogP contribution in [0, 0.1) is 13.8 Å². The summed E-state index contributed by atoms with van der Waals surface area (Å²) >= 11 is 3.88. The van der Waals surface area contributed by atoms with E-state index in [0.717, 1.165) is 62.3 Å². The van der Waals surface area contributed by atoms with Crippen LogP contribution in [0.3, 0.4) is 0 Å². The van der Waals surface area contributed by atoms with Gasteiger partial charge in [0.25, 0.3) is 5.97 Å². The van der Waals surface area contributed by atoms with E-state index in [0.29, 0.717) is 0 Å². The molecule has 0 bridgehead atoms. The fourth-order valence-electron chi connectivity index (χ4n) is 5.15. The van der Waals surface area contributed by atoms with Gasteiger partial charge in [0.2, 0.25) is 5.88 Å². The first kappa shape index (κ1) is 28.4. The normalized spacial score (nSPS) is 15.3. The van der Waals surface area contributed by atoms with E-state index in [-0.39, 0.29) is 6.10 Å². The van der Waals surface area contributed by atoms with E-state index in [4.69, 9.17) is 19.4 Å². The molecule has 3 aromatic rings. The Kier molecular flexibility index (Phi) is 10.0. The molecule has 0 saturated heterocycles. The second kappa shape index (κ2) is 13.4. The maximum atomic E-state index is 9.00. The largest absolute Gasteiger partial charge is 0.494 e. The number of carboxylic acids is 1. The van der Waals surface area contributed by atoms with Crippen LogP contribution in [0.4, 0.5) is 0 Å². The van der Waals surface area contributed by atoms with Crippen LogP contribution < -0.4 is 9.47 Å². The number of pyridine rings is 1. The summed E-state index contributed by atoms with van der Waals surface area (Å²) in [5.74, 6) is 4.38. The second-order valence-corrected chi connectivity index (χ2v) is 12.1. The van der Waals surface area contributed by atoms with Crippen LogP contribution in [0.15, 0.2) is 47.5 Å². The molecular formula is C31H37NO4S2. The lowest BCUT2D eigenvalue weighted by molar-refractivity contribution is -0.134. The summed E-state index contributed by atoms with van der Waals surface area (Å²) in [4.78, 5) is 14.9. The Bertz CT molecular complexity index is 1250. The van der Waals surface area contributed by atoms with E-state index in [9.17, 15) is 0 Å². The van der Waals surface area contributed by atoms with Crippen LogP contribution in [0.1, 0.15) is 60.6 Å². The summed E-state index contributed by atoms with van der Waals surface area (Å²) in [7, 11) is 0. The summed E-state index contributed by atoms with van der Waals surface area (Å²) < 4.78 is 12.5. The zero-order valence-corrected chi connectivity index (χ0v) is 24.3. The topological polar surface area (TPSA) is 68.7 Å². The molecule has 38 heavy (non-hydrogen) atoms. The molecule has 2 aromatic carbocycles. The molecule has 1 aliphatic carbocycles. The van der Waals surface area contributed by atoms with Crippen LogP contribution in [-0.4, -0.2) is 39.9 Å². The fourth-order valence-corrected chi connectivity index (χ4v) is 6.83. The first-order chi connectivity index (χ1) is 18.4. The number of aromatic nitrogens is 1. The van der Waals surface area contributed by atoms with Crippen molar-refractivity contribution in [3.05, 3.63) is 70.4 Å². The van der Waals surface area contributed by atoms with Gasteiger partial charge in [0.05, 0.1) is 6.61 Å². The Morgan fingerprint density at radius 2 is 1.95 bits per heavy atom. The lowest BCUT2D eigenvalue weighted by Gasteiger charge is -2.18. The van der Waals surface area contributed by atoms with Crippen molar-refractivity contribution < 1.29 is 19.4 Å². The van der Waals surface area contributed by atoms with Crippen LogP contribution in [0.2, 0.25) is 0 Å². The smallest absolute Gasteiger partial charge is 0.300 e. The molecule has 0 amide bonds. The molecule has 202 valence electrons. The predicted octanol–water partition coefficient (Wildman–Crippen LogP) is 7.69. The molecule has 0 spiro atoms. The highest BCUT2D eigenvalue weighted by Gasteiger charge is 2.28. The zero-order valence-electron chi connectivity index (χ0n) is 22.7. The third kappa shape index (κ3) is 7.06. The number of aryl methyl sites for hydroxylation is 3. The van der Waals surface area contributed by atoms with Crippen LogP contribution in [0.5, 0.6) is 11.6 Å². The summed E-state index contributed by atoms with van der Waals surface area (Å²) in [5.41, 5.74) is 9.28. The third-order valence-electron chi connectivity index (χ3n) is 6.71. The van der Waals surface area contributed by atoms with Gasteiger partial charge in [-0.05, 0) is 102 Å². The minimum Gasteiger partial charge on any atom is -0.494 e. The van der Waals surface area contributed by atoms with E-state index < -0.39 is 5.97 Å². The van der Waals surface area contributed by atoms with Gasteiger partial charge in [0, 0.05) is 29.8 Å². The molecule has 5 nitrogen and oxygen atoms in total. The van der Waals surface area contributed by atoms with Crippen LogP contribution in [0.25, 0.3) is 11.1 Å². The molecule has 1 aromatic heterocycles. The number of nitrogens with zero attached hydrogens (tertiary/aromatic N) is 1. The quantitative estimate of drug-likeness (QED) is 0.273. The Morgan fingerprint density at radius 3 is 2.68 bits per heavy atom. The highest BCUT2D eigenvalue weighted by Crippen LogP contribution is 2.43. The van der Waals surface area contributed by atoms with E-state index >= 15 is 0 Å². The zero-order chi connectivity index (χ0) is 27.1. The predicted molar refractivity (Wildman–Crippen MR) is 158 cm³/mol. The molecule has 1 N–H and O–H groups in total. The number of fused-ring (bicyclic) bond motifs is 2. The van der Waals surface area contributed by atoms with Crippen LogP contribution in [-0.2, 0) is 17.6 Å². The number of benzene rings is 2. The molecule has 0 saturated carbocycles. The molecule has 5 rings (SSSR count). The summed E-state index contributed by atoms with van der Waals surface area (Å²) in [6, 6.07) is 13.2. The minimum absolute atomic E-state index is 0.0658. The van der Waals surface area contributed by atoms with Gasteiger partial charge < -0.3 is 14.6 Å². The van der Waals surface area contributed by atoms with Gasteiger partial charge in [-0.2, -0.15) is 11.8 Å². The van der Waals surface area contributed by atoms with Gasteiger partial charge in [0.1, 0.15) is 11.9 Å². The standard InChI is InChI=1S/C29H33NO2S2.C2H4O2/c1-4-33-13-6-12-31-22-15-19(2)29(20(3)16-22)25-8-5-7-24-23(25)9-10-26(24)32-28-17-27-21(18-30-28)11-14-34-27;1-2(3)4/h5,7-8,15-18,26H,4,6,9-14H2,1-3H3;1H3,(H,3,4). The van der Waals surface area contributed by atoms with Crippen LogP contribution >= 0.6 is 23.5 Å². The number of carbonyl (C=O) groups is 1.